The molecule has 0 bridgehead atoms. The molecule has 0 spiro atoms. The maximum atomic E-state index is 9.42. The normalized spacial score (nSPS) is 10.9. The van der Waals surface area contributed by atoms with Gasteiger partial charge < -0.3 is 4.42 Å². The molecule has 4 rings (SSSR count). The van der Waals surface area contributed by atoms with Crippen LogP contribution in [0.15, 0.2) is 53.1 Å². The molecule has 5 nitrogen and oxygen atoms in total. The summed E-state index contributed by atoms with van der Waals surface area (Å²) in [6.45, 7) is 0. The number of nitrogens with zero attached hydrogens (tertiary/aromatic N) is 4. The van der Waals surface area contributed by atoms with E-state index >= 15 is 0 Å². The topological polar surface area (TPSA) is 67.1 Å². The van der Waals surface area contributed by atoms with E-state index in [1.807, 2.05) is 18.2 Å². The summed E-state index contributed by atoms with van der Waals surface area (Å²) in [6, 6.07) is 15.8. The number of nitriles is 1. The molecule has 22 heavy (non-hydrogen) atoms. The second kappa shape index (κ2) is 5.13. The summed E-state index contributed by atoms with van der Waals surface area (Å²) in [4.78, 5) is 5.19. The molecule has 0 aliphatic carbocycles. The molecule has 0 fully saturated rings. The fraction of sp³-hybridized carbons (Fsp3) is 0.0625. The maximum absolute atomic E-state index is 9.42. The molecule has 0 N–H and O–H groups in total. The molecule has 1 aromatic carbocycles. The number of hydrogen-bond donors (Lipinski definition) is 0. The average Bonchev–Trinajstić information content (AvgIpc) is 3.22. The van der Waals surface area contributed by atoms with E-state index in [0.717, 1.165) is 11.4 Å². The Bertz CT molecular complexity index is 961. The van der Waals surface area contributed by atoms with Crippen molar-refractivity contribution in [3.8, 4) is 17.5 Å². The fourth-order valence-corrected chi connectivity index (χ4v) is 3.24. The molecular formula is C16H10N4OS. The highest BCUT2D eigenvalue weighted by Gasteiger charge is 2.19. The highest BCUT2D eigenvalue weighted by molar-refractivity contribution is 7.16. The first-order valence-electron chi connectivity index (χ1n) is 6.71. The molecular weight excluding hydrogens is 296 g/mol. The van der Waals surface area contributed by atoms with Crippen molar-refractivity contribution in [3.63, 3.8) is 0 Å². The van der Waals surface area contributed by atoms with Gasteiger partial charge in [-0.2, -0.15) is 14.9 Å². The van der Waals surface area contributed by atoms with Crippen LogP contribution in [-0.4, -0.2) is 14.6 Å². The lowest BCUT2D eigenvalue weighted by Crippen LogP contribution is -1.93. The highest BCUT2D eigenvalue weighted by atomic mass is 32.1. The lowest BCUT2D eigenvalue weighted by Gasteiger charge is -1.96. The Kier molecular flexibility index (Phi) is 2.99. The van der Waals surface area contributed by atoms with Gasteiger partial charge in [0, 0.05) is 6.42 Å². The Morgan fingerprint density at radius 3 is 2.77 bits per heavy atom. The summed E-state index contributed by atoms with van der Waals surface area (Å²) in [5.74, 6) is 0.582. The van der Waals surface area contributed by atoms with Gasteiger partial charge in [0.25, 0.3) is 0 Å². The van der Waals surface area contributed by atoms with Crippen molar-refractivity contribution in [1.29, 1.82) is 5.26 Å². The number of fused-ring (bicyclic) bond motifs is 1. The molecule has 0 radical (unpaired) electrons. The second-order valence-electron chi connectivity index (χ2n) is 4.75. The highest BCUT2D eigenvalue weighted by Crippen LogP contribution is 2.27. The molecule has 0 aliphatic heterocycles. The zero-order valence-corrected chi connectivity index (χ0v) is 12.2. The quantitative estimate of drug-likeness (QED) is 0.581. The van der Waals surface area contributed by atoms with Crippen molar-refractivity contribution in [2.75, 3.05) is 0 Å². The summed E-state index contributed by atoms with van der Waals surface area (Å²) in [5.41, 5.74) is 2.13. The van der Waals surface area contributed by atoms with Crippen molar-refractivity contribution in [2.24, 2.45) is 0 Å². The van der Waals surface area contributed by atoms with Gasteiger partial charge in [-0.15, -0.1) is 0 Å². The van der Waals surface area contributed by atoms with Crippen LogP contribution >= 0.6 is 11.3 Å². The Hall–Kier alpha value is -2.91. The zero-order chi connectivity index (χ0) is 14.9. The average molecular weight is 306 g/mol. The third-order valence-electron chi connectivity index (χ3n) is 3.30. The number of hydrogen-bond acceptors (Lipinski definition) is 5. The van der Waals surface area contributed by atoms with E-state index in [2.05, 4.69) is 28.3 Å². The van der Waals surface area contributed by atoms with Gasteiger partial charge in [-0.25, -0.2) is 4.98 Å². The molecule has 3 heterocycles. The molecule has 0 saturated heterocycles. The predicted octanol–water partition coefficient (Wildman–Crippen LogP) is 3.51. The predicted molar refractivity (Wildman–Crippen MR) is 82.5 cm³/mol. The summed E-state index contributed by atoms with van der Waals surface area (Å²) in [7, 11) is 0. The summed E-state index contributed by atoms with van der Waals surface area (Å²) >= 11 is 1.49. The van der Waals surface area contributed by atoms with Crippen LogP contribution in [0.25, 0.3) is 16.4 Å². The number of furan rings is 1. The van der Waals surface area contributed by atoms with Crippen molar-refractivity contribution >= 4 is 16.3 Å². The number of aromatic nitrogens is 3. The van der Waals surface area contributed by atoms with Crippen LogP contribution < -0.4 is 0 Å². The first kappa shape index (κ1) is 12.8. The molecule has 0 atom stereocenters. The standard InChI is InChI=1S/C16H10N4OS/c17-10-12-15(13-7-4-8-21-13)18-16-20(12)19-14(22-16)9-11-5-2-1-3-6-11/h1-8H,9H2. The minimum Gasteiger partial charge on any atom is -0.463 e. The molecule has 4 aromatic rings. The Labute approximate surface area is 130 Å². The Morgan fingerprint density at radius 1 is 1.18 bits per heavy atom. The zero-order valence-electron chi connectivity index (χ0n) is 11.4. The third kappa shape index (κ3) is 2.08. The van der Waals surface area contributed by atoms with E-state index in [0.29, 0.717) is 22.1 Å². The van der Waals surface area contributed by atoms with Crippen LogP contribution in [0.5, 0.6) is 0 Å². The summed E-state index contributed by atoms with van der Waals surface area (Å²) in [6.07, 6.45) is 2.30. The lowest BCUT2D eigenvalue weighted by molar-refractivity contribution is 0.580. The van der Waals surface area contributed by atoms with Crippen LogP contribution in [0.2, 0.25) is 0 Å². The van der Waals surface area contributed by atoms with Crippen molar-refractivity contribution < 1.29 is 4.42 Å². The Balaban J connectivity index is 1.77. The molecule has 0 unspecified atom stereocenters. The van der Waals surface area contributed by atoms with E-state index in [-0.39, 0.29) is 0 Å². The largest absolute Gasteiger partial charge is 0.463 e. The summed E-state index contributed by atoms with van der Waals surface area (Å²) in [5, 5.41) is 14.9. The SMILES string of the molecule is N#Cc1c(-c2ccco2)nc2sc(Cc3ccccc3)nn12. The molecule has 0 amide bonds. The van der Waals surface area contributed by atoms with Gasteiger partial charge in [0.1, 0.15) is 16.8 Å². The van der Waals surface area contributed by atoms with E-state index in [4.69, 9.17) is 4.42 Å². The van der Waals surface area contributed by atoms with E-state index in [1.54, 1.807) is 22.9 Å². The number of benzene rings is 1. The van der Waals surface area contributed by atoms with Gasteiger partial charge in [-0.05, 0) is 17.7 Å². The number of rotatable bonds is 3. The second-order valence-corrected chi connectivity index (χ2v) is 5.79. The van der Waals surface area contributed by atoms with Crippen molar-refractivity contribution in [2.45, 2.75) is 6.42 Å². The lowest BCUT2D eigenvalue weighted by atomic mass is 10.2. The smallest absolute Gasteiger partial charge is 0.214 e. The first-order valence-corrected chi connectivity index (χ1v) is 7.53. The van der Waals surface area contributed by atoms with Crippen molar-refractivity contribution in [3.05, 3.63) is 65.0 Å². The van der Waals surface area contributed by atoms with Gasteiger partial charge in [0.2, 0.25) is 4.96 Å². The van der Waals surface area contributed by atoms with Crippen LogP contribution in [-0.2, 0) is 6.42 Å². The van der Waals surface area contributed by atoms with Crippen molar-refractivity contribution in [1.82, 2.24) is 14.6 Å². The molecule has 6 heteroatoms. The van der Waals surface area contributed by atoms with Crippen LogP contribution in [0.1, 0.15) is 16.3 Å². The fourth-order valence-electron chi connectivity index (χ4n) is 2.32. The van der Waals surface area contributed by atoms with Gasteiger partial charge in [0.15, 0.2) is 11.5 Å². The first-order chi connectivity index (χ1) is 10.8. The van der Waals surface area contributed by atoms with E-state index in [9.17, 15) is 5.26 Å². The number of imidazole rings is 1. The van der Waals surface area contributed by atoms with Gasteiger partial charge >= 0.3 is 0 Å². The van der Waals surface area contributed by atoms with Crippen LogP contribution in [0.4, 0.5) is 0 Å². The minimum absolute atomic E-state index is 0.403. The summed E-state index contributed by atoms with van der Waals surface area (Å²) < 4.78 is 6.93. The van der Waals surface area contributed by atoms with Gasteiger partial charge in [0.05, 0.1) is 6.26 Å². The molecule has 0 aliphatic rings. The minimum atomic E-state index is 0.403. The van der Waals surface area contributed by atoms with E-state index < -0.39 is 0 Å². The van der Waals surface area contributed by atoms with E-state index in [1.165, 1.54) is 16.9 Å². The van der Waals surface area contributed by atoms with Crippen LogP contribution in [0.3, 0.4) is 0 Å². The van der Waals surface area contributed by atoms with Gasteiger partial charge in [-0.3, -0.25) is 0 Å². The molecule has 3 aromatic heterocycles. The van der Waals surface area contributed by atoms with Crippen LogP contribution in [0, 0.1) is 11.3 Å². The third-order valence-corrected chi connectivity index (χ3v) is 4.21. The molecule has 106 valence electrons. The maximum Gasteiger partial charge on any atom is 0.214 e. The Morgan fingerprint density at radius 2 is 2.05 bits per heavy atom. The molecule has 0 saturated carbocycles. The monoisotopic (exact) mass is 306 g/mol. The van der Waals surface area contributed by atoms with Gasteiger partial charge in [-0.1, -0.05) is 41.7 Å².